The molecule has 7 nitrogen and oxygen atoms in total. The van der Waals surface area contributed by atoms with Crippen molar-refractivity contribution in [3.05, 3.63) is 64.2 Å². The highest BCUT2D eigenvalue weighted by atomic mass is 35.5. The molecule has 0 radical (unpaired) electrons. The first kappa shape index (κ1) is 30.6. The van der Waals surface area contributed by atoms with Gasteiger partial charge in [0.05, 0.1) is 11.9 Å². The van der Waals surface area contributed by atoms with Crippen molar-refractivity contribution in [1.29, 1.82) is 0 Å². The second-order valence-corrected chi connectivity index (χ2v) is 12.3. The van der Waals surface area contributed by atoms with Gasteiger partial charge in [0.15, 0.2) is 0 Å². The number of carbonyl (C=O) groups excluding carboxylic acids is 2. The van der Waals surface area contributed by atoms with Crippen molar-refractivity contribution in [3.8, 4) is 0 Å². The molecule has 9 heteroatoms. The Balaban J connectivity index is 2.22. The SMILES string of the molecule is CC[C@H](C(=O)NCC(C)C)N(Cc1ccc(Cl)cc1)C(=O)CCCN(c1cc(C)cc(C)c1)S(C)(=O)=O. The lowest BCUT2D eigenvalue weighted by molar-refractivity contribution is -0.141. The second-order valence-electron chi connectivity index (χ2n) is 10.00. The van der Waals surface area contributed by atoms with Crippen LogP contribution in [0.4, 0.5) is 5.69 Å². The summed E-state index contributed by atoms with van der Waals surface area (Å²) in [6, 6.07) is 12.2. The van der Waals surface area contributed by atoms with Gasteiger partial charge in [-0.15, -0.1) is 0 Å². The van der Waals surface area contributed by atoms with Gasteiger partial charge in [-0.2, -0.15) is 0 Å². The third kappa shape index (κ3) is 9.67. The highest BCUT2D eigenvalue weighted by Crippen LogP contribution is 2.23. The summed E-state index contributed by atoms with van der Waals surface area (Å²) in [4.78, 5) is 28.1. The van der Waals surface area contributed by atoms with Crippen LogP contribution >= 0.6 is 11.6 Å². The van der Waals surface area contributed by atoms with E-state index in [4.69, 9.17) is 11.6 Å². The van der Waals surface area contributed by atoms with E-state index in [1.54, 1.807) is 17.0 Å². The van der Waals surface area contributed by atoms with Gasteiger partial charge < -0.3 is 10.2 Å². The Morgan fingerprint density at radius 2 is 1.62 bits per heavy atom. The summed E-state index contributed by atoms with van der Waals surface area (Å²) in [6.45, 7) is 10.7. The van der Waals surface area contributed by atoms with Crippen LogP contribution in [0.15, 0.2) is 42.5 Å². The topological polar surface area (TPSA) is 86.8 Å². The lowest BCUT2D eigenvalue weighted by Crippen LogP contribution is -2.49. The number of hydrogen-bond acceptors (Lipinski definition) is 4. The van der Waals surface area contributed by atoms with Gasteiger partial charge in [0.25, 0.3) is 0 Å². The van der Waals surface area contributed by atoms with Crippen molar-refractivity contribution in [2.75, 3.05) is 23.7 Å². The molecule has 2 amide bonds. The number of anilines is 1. The highest BCUT2D eigenvalue weighted by molar-refractivity contribution is 7.92. The number of carbonyl (C=O) groups is 2. The van der Waals surface area contributed by atoms with Crippen molar-refractivity contribution >= 4 is 39.1 Å². The molecule has 0 saturated carbocycles. The van der Waals surface area contributed by atoms with Gasteiger partial charge >= 0.3 is 0 Å². The second kappa shape index (κ2) is 13.8. The molecule has 2 aromatic carbocycles. The minimum atomic E-state index is -3.54. The Labute approximate surface area is 227 Å². The molecule has 0 bridgehead atoms. The van der Waals surface area contributed by atoms with E-state index in [1.165, 1.54) is 10.6 Å². The minimum absolute atomic E-state index is 0.109. The van der Waals surface area contributed by atoms with Gasteiger partial charge in [0.2, 0.25) is 21.8 Å². The smallest absolute Gasteiger partial charge is 0.242 e. The minimum Gasteiger partial charge on any atom is -0.354 e. The van der Waals surface area contributed by atoms with Crippen LogP contribution in [0.5, 0.6) is 0 Å². The zero-order valence-corrected chi connectivity index (χ0v) is 24.3. The standard InChI is InChI=1S/C28H40ClN3O4S/c1-7-26(28(34)30-18-20(2)3)31(19-23-10-12-24(29)13-11-23)27(33)9-8-14-32(37(6,35)36)25-16-21(4)15-22(5)17-25/h10-13,15-17,20,26H,7-9,14,18-19H2,1-6H3,(H,30,34)/t26-/m1/s1. The number of benzene rings is 2. The van der Waals surface area contributed by atoms with E-state index < -0.39 is 16.1 Å². The molecule has 204 valence electrons. The summed E-state index contributed by atoms with van der Waals surface area (Å²) in [7, 11) is -3.54. The van der Waals surface area contributed by atoms with Crippen LogP contribution in [0.1, 0.15) is 56.7 Å². The van der Waals surface area contributed by atoms with Crippen molar-refractivity contribution in [3.63, 3.8) is 0 Å². The van der Waals surface area contributed by atoms with Crippen LogP contribution in [0.25, 0.3) is 0 Å². The Bertz CT molecular complexity index is 1150. The van der Waals surface area contributed by atoms with Crippen LogP contribution in [0.2, 0.25) is 5.02 Å². The first-order valence-electron chi connectivity index (χ1n) is 12.7. The third-order valence-corrected chi connectivity index (χ3v) is 7.43. The Morgan fingerprint density at radius 1 is 1.03 bits per heavy atom. The summed E-state index contributed by atoms with van der Waals surface area (Å²) in [5, 5.41) is 3.54. The lowest BCUT2D eigenvalue weighted by Gasteiger charge is -2.31. The number of hydrogen-bond donors (Lipinski definition) is 1. The van der Waals surface area contributed by atoms with Crippen LogP contribution in [0, 0.1) is 19.8 Å². The molecular weight excluding hydrogens is 510 g/mol. The van der Waals surface area contributed by atoms with Gasteiger partial charge in [-0.05, 0) is 73.6 Å². The van der Waals surface area contributed by atoms with Gasteiger partial charge in [-0.25, -0.2) is 8.42 Å². The Hall–Kier alpha value is -2.58. The molecule has 1 N–H and O–H groups in total. The molecule has 37 heavy (non-hydrogen) atoms. The monoisotopic (exact) mass is 549 g/mol. The Kier molecular flexibility index (Phi) is 11.4. The number of nitrogens with one attached hydrogen (secondary N) is 1. The molecule has 0 aliphatic heterocycles. The molecular formula is C28H40ClN3O4S. The van der Waals surface area contributed by atoms with E-state index in [1.807, 2.05) is 65.0 Å². The molecule has 0 heterocycles. The fourth-order valence-electron chi connectivity index (χ4n) is 4.23. The number of rotatable bonds is 13. The van der Waals surface area contributed by atoms with E-state index in [0.717, 1.165) is 16.7 Å². The van der Waals surface area contributed by atoms with E-state index >= 15 is 0 Å². The lowest BCUT2D eigenvalue weighted by atomic mass is 10.1. The van der Waals surface area contributed by atoms with E-state index in [-0.39, 0.29) is 37.2 Å². The van der Waals surface area contributed by atoms with Gasteiger partial charge in [0, 0.05) is 31.1 Å². The van der Waals surface area contributed by atoms with Crippen LogP contribution in [0.3, 0.4) is 0 Å². The van der Waals surface area contributed by atoms with Gasteiger partial charge in [-0.1, -0.05) is 50.6 Å². The maximum absolute atomic E-state index is 13.5. The van der Waals surface area contributed by atoms with Crippen molar-refractivity contribution in [1.82, 2.24) is 10.2 Å². The van der Waals surface area contributed by atoms with Crippen molar-refractivity contribution in [2.24, 2.45) is 5.92 Å². The van der Waals surface area contributed by atoms with Crippen molar-refractivity contribution in [2.45, 2.75) is 66.5 Å². The number of nitrogens with zero attached hydrogens (tertiary/aromatic N) is 2. The van der Waals surface area contributed by atoms with Gasteiger partial charge in [-0.3, -0.25) is 13.9 Å². The molecule has 0 fully saturated rings. The van der Waals surface area contributed by atoms with E-state index in [9.17, 15) is 18.0 Å². The summed E-state index contributed by atoms with van der Waals surface area (Å²) in [5.41, 5.74) is 3.38. The molecule has 2 rings (SSSR count). The predicted octanol–water partition coefficient (Wildman–Crippen LogP) is 5.08. The molecule has 0 unspecified atom stereocenters. The predicted molar refractivity (Wildman–Crippen MR) is 151 cm³/mol. The van der Waals surface area contributed by atoms with Crippen LogP contribution in [-0.4, -0.2) is 50.5 Å². The molecule has 0 saturated heterocycles. The van der Waals surface area contributed by atoms with Crippen LogP contribution in [-0.2, 0) is 26.2 Å². The van der Waals surface area contributed by atoms with E-state index in [2.05, 4.69) is 5.32 Å². The third-order valence-electron chi connectivity index (χ3n) is 5.98. The molecule has 0 aliphatic carbocycles. The summed E-state index contributed by atoms with van der Waals surface area (Å²) >= 11 is 6.03. The number of sulfonamides is 1. The number of halogens is 1. The zero-order chi connectivity index (χ0) is 27.8. The fourth-order valence-corrected chi connectivity index (χ4v) is 5.30. The average Bonchev–Trinajstić information content (AvgIpc) is 2.79. The summed E-state index contributed by atoms with van der Waals surface area (Å²) in [5.74, 6) is -0.101. The first-order chi connectivity index (χ1) is 17.3. The average molecular weight is 550 g/mol. The van der Waals surface area contributed by atoms with Gasteiger partial charge in [0.1, 0.15) is 6.04 Å². The number of aryl methyl sites for hydroxylation is 2. The van der Waals surface area contributed by atoms with Crippen LogP contribution < -0.4 is 9.62 Å². The quantitative estimate of drug-likeness (QED) is 0.377. The first-order valence-corrected chi connectivity index (χ1v) is 14.9. The zero-order valence-electron chi connectivity index (χ0n) is 22.8. The maximum Gasteiger partial charge on any atom is 0.242 e. The molecule has 0 spiro atoms. The molecule has 0 aliphatic rings. The molecule has 1 atom stereocenters. The number of amides is 2. The Morgan fingerprint density at radius 3 is 2.14 bits per heavy atom. The van der Waals surface area contributed by atoms with E-state index in [0.29, 0.717) is 30.1 Å². The summed E-state index contributed by atoms with van der Waals surface area (Å²) < 4.78 is 26.5. The summed E-state index contributed by atoms with van der Waals surface area (Å²) in [6.07, 6.45) is 2.06. The van der Waals surface area contributed by atoms with Crippen molar-refractivity contribution < 1.29 is 18.0 Å². The fraction of sp³-hybridized carbons (Fsp3) is 0.500. The largest absolute Gasteiger partial charge is 0.354 e. The molecule has 2 aromatic rings. The normalized spacial score (nSPS) is 12.3. The molecule has 0 aromatic heterocycles. The maximum atomic E-state index is 13.5. The highest BCUT2D eigenvalue weighted by Gasteiger charge is 2.29.